The van der Waals surface area contributed by atoms with Crippen molar-refractivity contribution in [2.75, 3.05) is 0 Å². The van der Waals surface area contributed by atoms with Crippen LogP contribution in [-0.4, -0.2) is 8.41 Å². The molecule has 2 aliphatic rings. The number of hydrogen-bond donors (Lipinski definition) is 0. The van der Waals surface area contributed by atoms with Gasteiger partial charge in [0.05, 0.1) is 0 Å². The van der Waals surface area contributed by atoms with E-state index in [-0.39, 0.29) is 35.6 Å². The van der Waals surface area contributed by atoms with Crippen molar-refractivity contribution in [3.8, 4) is 11.1 Å². The van der Waals surface area contributed by atoms with E-state index in [4.69, 9.17) is 0 Å². The predicted molar refractivity (Wildman–Crippen MR) is 143 cm³/mol. The molecular weight excluding hydrogens is 563 g/mol. The van der Waals surface area contributed by atoms with Gasteiger partial charge in [-0.05, 0) is 0 Å². The van der Waals surface area contributed by atoms with Gasteiger partial charge < -0.3 is 24.8 Å². The fourth-order valence-corrected chi connectivity index (χ4v) is 9.26. The van der Waals surface area contributed by atoms with Crippen molar-refractivity contribution in [2.24, 2.45) is 0 Å². The first-order valence-electron chi connectivity index (χ1n) is 12.6. The minimum atomic E-state index is -0.597. The largest absolute Gasteiger partial charge is 1.00 e. The van der Waals surface area contributed by atoms with E-state index in [2.05, 4.69) is 98.7 Å². The van der Waals surface area contributed by atoms with Crippen molar-refractivity contribution in [1.29, 1.82) is 0 Å². The van der Waals surface area contributed by atoms with Crippen LogP contribution in [0.3, 0.4) is 0 Å². The maximum absolute atomic E-state index is 2.64. The number of hydrogen-bond acceptors (Lipinski definition) is 0. The number of fused-ring (bicyclic) bond motifs is 3. The average Bonchev–Trinajstić information content (AvgIpc) is 3.28. The third-order valence-electron chi connectivity index (χ3n) is 7.47. The summed E-state index contributed by atoms with van der Waals surface area (Å²) in [5.41, 5.74) is 12.4. The first-order valence-corrected chi connectivity index (χ1v) is 15.7. The van der Waals surface area contributed by atoms with Gasteiger partial charge in [0.15, 0.2) is 0 Å². The molecule has 2 aromatic rings. The summed E-state index contributed by atoms with van der Waals surface area (Å²) >= 11 is 1.53. The molecule has 0 heterocycles. The number of rotatable bonds is 3. The zero-order chi connectivity index (χ0) is 24.3. The second-order valence-corrected chi connectivity index (χ2v) is 16.2. The van der Waals surface area contributed by atoms with Crippen LogP contribution in [-0.2, 0) is 35.5 Å². The Morgan fingerprint density at radius 3 is 1.97 bits per heavy atom. The molecule has 185 valence electrons. The molecule has 0 spiro atoms. The van der Waals surface area contributed by atoms with Crippen molar-refractivity contribution in [3.05, 3.63) is 74.3 Å². The molecule has 0 atom stereocenters. The quantitative estimate of drug-likeness (QED) is 0.473. The van der Waals surface area contributed by atoms with Gasteiger partial charge >= 0.3 is 219 Å². The Kier molecular flexibility index (Phi) is 9.70. The van der Waals surface area contributed by atoms with Crippen LogP contribution in [0.1, 0.15) is 91.0 Å². The summed E-state index contributed by atoms with van der Waals surface area (Å²) < 4.78 is 1.55. The van der Waals surface area contributed by atoms with Gasteiger partial charge in [-0.15, -0.1) is 0 Å². The van der Waals surface area contributed by atoms with Crippen LogP contribution in [0.5, 0.6) is 0 Å². The van der Waals surface area contributed by atoms with Gasteiger partial charge in [-0.25, -0.2) is 0 Å². The first kappa shape index (κ1) is 30.7. The molecule has 0 unspecified atom stereocenters. The van der Waals surface area contributed by atoms with Gasteiger partial charge in [-0.2, -0.15) is 0 Å². The Hall–Kier alpha value is -0.530. The van der Waals surface area contributed by atoms with Crippen LogP contribution in [0.2, 0.25) is 12.1 Å². The number of halogens is 2. The van der Waals surface area contributed by atoms with E-state index < -0.39 is 8.41 Å². The first-order chi connectivity index (χ1) is 15.4. The second-order valence-electron chi connectivity index (χ2n) is 11.8. The van der Waals surface area contributed by atoms with Crippen LogP contribution in [0, 0.1) is 4.81 Å². The molecule has 0 amide bonds. The number of allylic oxidation sites excluding steroid dienone is 4. The van der Waals surface area contributed by atoms with E-state index in [0.29, 0.717) is 0 Å². The second kappa shape index (κ2) is 11.1. The molecule has 2 aliphatic carbocycles. The van der Waals surface area contributed by atoms with Crippen LogP contribution in [0.15, 0.2) is 42.0 Å². The minimum absolute atomic E-state index is 0. The van der Waals surface area contributed by atoms with Gasteiger partial charge in [0.2, 0.25) is 0 Å². The van der Waals surface area contributed by atoms with Gasteiger partial charge in [0.1, 0.15) is 0 Å². The molecule has 0 saturated heterocycles. The summed E-state index contributed by atoms with van der Waals surface area (Å²) in [6.07, 6.45) is 5.77. The summed E-state index contributed by atoms with van der Waals surface area (Å²) in [4.78, 5) is 1.69. The minimum Gasteiger partial charge on any atom is -1.00 e. The van der Waals surface area contributed by atoms with Crippen LogP contribution >= 0.6 is 0 Å². The smallest absolute Gasteiger partial charge is 1.00 e. The average molecular weight is 602 g/mol. The van der Waals surface area contributed by atoms with E-state index in [1.807, 2.05) is 0 Å². The summed E-state index contributed by atoms with van der Waals surface area (Å²) in [7, 11) is -0.597. The molecule has 0 bridgehead atoms. The molecule has 0 saturated carbocycles. The molecule has 0 nitrogen and oxygen atoms in total. The zero-order valence-corrected chi connectivity index (χ0v) is 27.8. The molecule has 4 heteroatoms. The normalized spacial score (nSPS) is 14.5. The van der Waals surface area contributed by atoms with Crippen LogP contribution in [0.25, 0.3) is 20.0 Å². The Morgan fingerprint density at radius 1 is 0.857 bits per heavy atom. The molecule has 0 aromatic heterocycles. The van der Waals surface area contributed by atoms with Crippen molar-refractivity contribution < 1.29 is 49.5 Å². The van der Waals surface area contributed by atoms with Gasteiger partial charge in [0, 0.05) is 0 Å². The van der Waals surface area contributed by atoms with Gasteiger partial charge in [-0.3, -0.25) is 0 Å². The van der Waals surface area contributed by atoms with E-state index >= 15 is 0 Å². The van der Waals surface area contributed by atoms with Crippen LogP contribution in [0.4, 0.5) is 0 Å². The maximum Gasteiger partial charge on any atom is -1.00 e. The molecule has 0 fully saturated rings. The van der Waals surface area contributed by atoms with E-state index in [9.17, 15) is 0 Å². The molecule has 4 rings (SSSR count). The standard InChI is InChI=1S/C31H39Si.2ClH.Zr/c1-10-32(11-2)27-19-25-24-16-15-22(30(4,5)6)17-21(24)18-26(25)28(29(27)31(7,8)9)23-14-12-13-20(23)3;;;/h12-13,15-17,19H,10-11,14H2,1-9H3;2*1H;/q;;;+2/p-2. The Morgan fingerprint density at radius 2 is 1.49 bits per heavy atom. The Bertz CT molecular complexity index is 1330. The molecule has 0 aliphatic heterocycles. The van der Waals surface area contributed by atoms with Crippen molar-refractivity contribution in [1.82, 2.24) is 0 Å². The maximum atomic E-state index is 2.64. The summed E-state index contributed by atoms with van der Waals surface area (Å²) in [6.45, 7) is 21.4. The summed E-state index contributed by atoms with van der Waals surface area (Å²) in [5, 5.41) is 1.55. The van der Waals surface area contributed by atoms with E-state index in [1.165, 1.54) is 64.6 Å². The van der Waals surface area contributed by atoms with E-state index in [0.717, 1.165) is 6.42 Å². The van der Waals surface area contributed by atoms with E-state index in [1.54, 1.807) is 30.0 Å². The van der Waals surface area contributed by atoms with Crippen LogP contribution < -0.4 is 30.0 Å². The Balaban J connectivity index is 0.00000216. The fourth-order valence-electron chi connectivity index (χ4n) is 5.65. The van der Waals surface area contributed by atoms with Gasteiger partial charge in [0.25, 0.3) is 0 Å². The summed E-state index contributed by atoms with van der Waals surface area (Å²) in [5.74, 6) is 0. The molecule has 35 heavy (non-hydrogen) atoms. The fraction of sp³-hybridized carbons (Fsp3) is 0.452. The molecule has 0 radical (unpaired) electrons. The SMILES string of the molecule is CC[Si](CC)=c1cc2c(c(C3=C(C)C=CC3)c1C(C)(C)C)=[C]([Zr+2])c1cc(C(C)(C)C)ccc1-2.[Cl-].[Cl-]. The zero-order valence-electron chi connectivity index (χ0n) is 22.8. The third-order valence-corrected chi connectivity index (χ3v) is 11.6. The predicted octanol–water partition coefficient (Wildman–Crippen LogP) is 2.07. The van der Waals surface area contributed by atoms with Crippen molar-refractivity contribution in [3.63, 3.8) is 0 Å². The van der Waals surface area contributed by atoms with Gasteiger partial charge in [-0.1, -0.05) is 0 Å². The van der Waals surface area contributed by atoms with Crippen molar-refractivity contribution in [2.45, 2.75) is 91.7 Å². The molecule has 2 aromatic carbocycles. The molecule has 0 N–H and O–H groups in total. The Labute approximate surface area is 242 Å². The number of benzene rings is 2. The van der Waals surface area contributed by atoms with Crippen molar-refractivity contribution >= 4 is 17.3 Å². The third kappa shape index (κ3) is 5.38. The summed E-state index contributed by atoms with van der Waals surface area (Å²) in [6, 6.07) is 12.5. The molecular formula is C31H39Cl2SiZr. The topological polar surface area (TPSA) is 0 Å². The monoisotopic (exact) mass is 599 g/mol.